The third kappa shape index (κ3) is 4.05. The number of hydrogen-bond acceptors (Lipinski definition) is 5. The Bertz CT molecular complexity index is 1180. The average Bonchev–Trinajstić information content (AvgIpc) is 3.07. The minimum atomic E-state index is -1.15. The highest BCUT2D eigenvalue weighted by molar-refractivity contribution is 7.19. The number of para-hydroxylation sites is 1. The van der Waals surface area contributed by atoms with Crippen molar-refractivity contribution in [3.05, 3.63) is 88.3 Å². The van der Waals surface area contributed by atoms with Gasteiger partial charge in [0, 0.05) is 10.1 Å². The number of hydrogen-bond donors (Lipinski definition) is 3. The van der Waals surface area contributed by atoms with E-state index < -0.39 is 12.2 Å². The molecule has 0 radical (unpaired) electrons. The Balaban J connectivity index is 1.61. The minimum Gasteiger partial charge on any atom is -0.478 e. The van der Waals surface area contributed by atoms with E-state index in [0.29, 0.717) is 21.4 Å². The lowest BCUT2D eigenvalue weighted by Crippen LogP contribution is -2.12. The average molecular weight is 426 g/mol. The fraction of sp³-hybridized carbons (Fsp3) is 0.0455. The van der Waals surface area contributed by atoms with Crippen LogP contribution in [0.25, 0.3) is 10.1 Å². The van der Waals surface area contributed by atoms with Gasteiger partial charge in [-0.1, -0.05) is 48.0 Å². The number of halogens is 1. The number of aliphatic hydroxyl groups excluding tert-OH is 1. The van der Waals surface area contributed by atoms with E-state index >= 15 is 0 Å². The second-order valence-electron chi connectivity index (χ2n) is 6.25. The summed E-state index contributed by atoms with van der Waals surface area (Å²) in [6.07, 6.45) is -1.15. The first kappa shape index (κ1) is 19.3. The highest BCUT2D eigenvalue weighted by Crippen LogP contribution is 2.39. The lowest BCUT2D eigenvalue weighted by molar-refractivity contribution is 0.0697. The smallest absolute Gasteiger partial charge is 0.337 e. The topological polar surface area (TPSA) is 78.8 Å². The van der Waals surface area contributed by atoms with Gasteiger partial charge in [-0.05, 0) is 36.4 Å². The summed E-state index contributed by atoms with van der Waals surface area (Å²) < 4.78 is 6.64. The zero-order chi connectivity index (χ0) is 20.4. The number of rotatable bonds is 6. The third-order valence-electron chi connectivity index (χ3n) is 4.30. The number of benzene rings is 3. The van der Waals surface area contributed by atoms with E-state index in [1.165, 1.54) is 17.4 Å². The quantitative estimate of drug-likeness (QED) is 0.323. The molecule has 1 unspecified atom stereocenters. The van der Waals surface area contributed by atoms with Crippen LogP contribution >= 0.6 is 22.9 Å². The van der Waals surface area contributed by atoms with Crippen molar-refractivity contribution in [1.82, 2.24) is 0 Å². The second-order valence-corrected chi connectivity index (χ2v) is 7.71. The maximum atomic E-state index is 11.8. The molecule has 146 valence electrons. The number of aromatic carboxylic acids is 1. The lowest BCUT2D eigenvalue weighted by Gasteiger charge is -2.16. The summed E-state index contributed by atoms with van der Waals surface area (Å²) in [4.78, 5) is 12.3. The van der Waals surface area contributed by atoms with Gasteiger partial charge < -0.3 is 20.3 Å². The van der Waals surface area contributed by atoms with Crippen molar-refractivity contribution < 1.29 is 19.7 Å². The zero-order valence-corrected chi connectivity index (χ0v) is 16.6. The van der Waals surface area contributed by atoms with Gasteiger partial charge in [-0.25, -0.2) is 4.79 Å². The van der Waals surface area contributed by atoms with Crippen molar-refractivity contribution in [2.24, 2.45) is 0 Å². The van der Waals surface area contributed by atoms with Crippen molar-refractivity contribution >= 4 is 44.7 Å². The van der Waals surface area contributed by atoms with Crippen LogP contribution in [0.2, 0.25) is 5.02 Å². The third-order valence-corrected chi connectivity index (χ3v) is 6.04. The number of ether oxygens (including phenoxy) is 1. The van der Waals surface area contributed by atoms with E-state index in [4.69, 9.17) is 16.3 Å². The molecule has 3 aromatic carbocycles. The number of carboxylic acids is 1. The van der Waals surface area contributed by atoms with Gasteiger partial charge in [0.05, 0.1) is 21.2 Å². The van der Waals surface area contributed by atoms with Gasteiger partial charge in [0.1, 0.15) is 11.5 Å². The molecule has 0 aliphatic heterocycles. The molecule has 4 aromatic rings. The molecule has 7 heteroatoms. The maximum absolute atomic E-state index is 11.8. The summed E-state index contributed by atoms with van der Waals surface area (Å²) in [5.41, 5.74) is 0.244. The van der Waals surface area contributed by atoms with Gasteiger partial charge in [0.25, 0.3) is 0 Å². The first-order chi connectivity index (χ1) is 14.0. The molecule has 5 nitrogen and oxygen atoms in total. The molecule has 0 aliphatic carbocycles. The second kappa shape index (κ2) is 8.13. The van der Waals surface area contributed by atoms with Crippen LogP contribution < -0.4 is 10.1 Å². The Morgan fingerprint density at radius 2 is 1.72 bits per heavy atom. The van der Waals surface area contributed by atoms with Crippen LogP contribution in [0.3, 0.4) is 0 Å². The highest BCUT2D eigenvalue weighted by atomic mass is 35.5. The molecule has 1 aromatic heterocycles. The van der Waals surface area contributed by atoms with Crippen molar-refractivity contribution in [2.45, 2.75) is 6.23 Å². The Morgan fingerprint density at radius 1 is 1.00 bits per heavy atom. The van der Waals surface area contributed by atoms with Gasteiger partial charge in [-0.15, -0.1) is 11.3 Å². The van der Waals surface area contributed by atoms with E-state index in [0.717, 1.165) is 10.1 Å². The Labute approximate surface area is 175 Å². The van der Waals surface area contributed by atoms with Crippen LogP contribution in [0.4, 0.5) is 5.69 Å². The summed E-state index contributed by atoms with van der Waals surface area (Å²) in [7, 11) is 0. The molecule has 0 bridgehead atoms. The summed E-state index contributed by atoms with van der Waals surface area (Å²) in [6.45, 7) is 0. The maximum Gasteiger partial charge on any atom is 0.337 e. The highest BCUT2D eigenvalue weighted by Gasteiger charge is 2.20. The first-order valence-corrected chi connectivity index (χ1v) is 9.94. The van der Waals surface area contributed by atoms with Crippen molar-refractivity contribution in [2.75, 3.05) is 5.32 Å². The summed E-state index contributed by atoms with van der Waals surface area (Å²) in [6, 6.07) is 21.3. The van der Waals surface area contributed by atoms with E-state index in [9.17, 15) is 15.0 Å². The Kier molecular flexibility index (Phi) is 5.40. The van der Waals surface area contributed by atoms with Crippen LogP contribution in [-0.4, -0.2) is 16.2 Å². The lowest BCUT2D eigenvalue weighted by atomic mass is 10.1. The molecule has 0 amide bonds. The number of thiophene rings is 1. The molecule has 0 aliphatic rings. The van der Waals surface area contributed by atoms with Crippen molar-refractivity contribution in [3.63, 3.8) is 0 Å². The number of carboxylic acid groups (broad SMARTS) is 1. The van der Waals surface area contributed by atoms with Crippen LogP contribution in [0.15, 0.2) is 72.8 Å². The minimum absolute atomic E-state index is 0.0188. The van der Waals surface area contributed by atoms with Gasteiger partial charge in [0.2, 0.25) is 0 Å². The molecule has 0 saturated carbocycles. The number of aliphatic hydroxyl groups is 1. The van der Waals surface area contributed by atoms with Crippen molar-refractivity contribution in [1.29, 1.82) is 0 Å². The fourth-order valence-corrected chi connectivity index (χ4v) is 4.41. The van der Waals surface area contributed by atoms with Gasteiger partial charge in [-0.2, -0.15) is 0 Å². The Morgan fingerprint density at radius 3 is 2.45 bits per heavy atom. The van der Waals surface area contributed by atoms with E-state index in [1.54, 1.807) is 24.3 Å². The first-order valence-electron chi connectivity index (χ1n) is 8.74. The molecule has 3 N–H and O–H groups in total. The molecule has 1 atom stereocenters. The largest absolute Gasteiger partial charge is 0.478 e. The summed E-state index contributed by atoms with van der Waals surface area (Å²) >= 11 is 7.76. The van der Waals surface area contributed by atoms with Crippen LogP contribution in [0.5, 0.6) is 11.5 Å². The van der Waals surface area contributed by atoms with Gasteiger partial charge in [-0.3, -0.25) is 0 Å². The number of anilines is 1. The molecule has 29 heavy (non-hydrogen) atoms. The number of fused-ring (bicyclic) bond motifs is 1. The molecule has 0 saturated heterocycles. The normalized spacial score (nSPS) is 11.9. The van der Waals surface area contributed by atoms with E-state index in [1.807, 2.05) is 42.5 Å². The zero-order valence-electron chi connectivity index (χ0n) is 15.0. The summed E-state index contributed by atoms with van der Waals surface area (Å²) in [5.74, 6) is -0.157. The van der Waals surface area contributed by atoms with Crippen LogP contribution in [-0.2, 0) is 0 Å². The monoisotopic (exact) mass is 425 g/mol. The van der Waals surface area contributed by atoms with Crippen molar-refractivity contribution in [3.8, 4) is 11.5 Å². The molecular weight excluding hydrogens is 410 g/mol. The molecule has 1 heterocycles. The SMILES string of the molecule is O=C(O)c1cc(Oc2ccccc2)ccc1NC(O)c1sc2ccccc2c1Cl. The molecule has 0 spiro atoms. The van der Waals surface area contributed by atoms with Gasteiger partial charge >= 0.3 is 5.97 Å². The standard InChI is InChI=1S/C22H16ClNO4S/c23-19-15-8-4-5-9-18(15)29-20(19)21(25)24-17-11-10-14(12-16(17)22(26)27)28-13-6-2-1-3-7-13/h1-12,21,24-25H,(H,26,27). The van der Waals surface area contributed by atoms with E-state index in [-0.39, 0.29) is 11.3 Å². The predicted molar refractivity (Wildman–Crippen MR) is 115 cm³/mol. The summed E-state index contributed by atoms with van der Waals surface area (Å²) in [5, 5.41) is 24.4. The molecular formula is C22H16ClNO4S. The molecule has 0 fully saturated rings. The number of nitrogens with one attached hydrogen (secondary N) is 1. The fourth-order valence-electron chi connectivity index (χ4n) is 2.94. The van der Waals surface area contributed by atoms with Crippen LogP contribution in [0, 0.1) is 0 Å². The van der Waals surface area contributed by atoms with Gasteiger partial charge in [0.15, 0.2) is 6.23 Å². The Hall–Kier alpha value is -3.06. The molecule has 4 rings (SSSR count). The van der Waals surface area contributed by atoms with E-state index in [2.05, 4.69) is 5.32 Å². The van der Waals surface area contributed by atoms with Crippen LogP contribution in [0.1, 0.15) is 21.5 Å². The predicted octanol–water partition coefficient (Wildman–Crippen LogP) is 6.15. The number of carbonyl (C=O) groups is 1.